The number of benzene rings is 2. The van der Waals surface area contributed by atoms with Crippen molar-refractivity contribution in [1.29, 1.82) is 5.26 Å². The minimum atomic E-state index is 0.568. The zero-order valence-corrected chi connectivity index (χ0v) is 14.4. The van der Waals surface area contributed by atoms with E-state index in [2.05, 4.69) is 37.0 Å². The Kier molecular flexibility index (Phi) is 5.11. The van der Waals surface area contributed by atoms with E-state index in [1.165, 1.54) is 5.56 Å². The van der Waals surface area contributed by atoms with Crippen molar-refractivity contribution < 1.29 is 4.42 Å². The summed E-state index contributed by atoms with van der Waals surface area (Å²) in [5.74, 6) is 2.03. The van der Waals surface area contributed by atoms with Crippen molar-refractivity contribution in [1.82, 2.24) is 0 Å². The van der Waals surface area contributed by atoms with E-state index in [1.807, 2.05) is 36.4 Å². The van der Waals surface area contributed by atoms with Gasteiger partial charge in [0.15, 0.2) is 0 Å². The van der Waals surface area contributed by atoms with Crippen molar-refractivity contribution in [3.8, 4) is 17.4 Å². The van der Waals surface area contributed by atoms with Gasteiger partial charge in [-0.2, -0.15) is 5.26 Å². The van der Waals surface area contributed by atoms with E-state index in [9.17, 15) is 0 Å². The second kappa shape index (κ2) is 7.63. The molecular formula is C22H20N2O. The van der Waals surface area contributed by atoms with Gasteiger partial charge in [-0.25, -0.2) is 0 Å². The molecule has 3 heteroatoms. The van der Waals surface area contributed by atoms with E-state index >= 15 is 0 Å². The van der Waals surface area contributed by atoms with Gasteiger partial charge in [-0.3, -0.25) is 4.99 Å². The number of nitriles is 1. The van der Waals surface area contributed by atoms with Gasteiger partial charge < -0.3 is 4.42 Å². The highest BCUT2D eigenvalue weighted by molar-refractivity contribution is 5.79. The molecule has 1 aromatic heterocycles. The molecule has 124 valence electrons. The zero-order valence-electron chi connectivity index (χ0n) is 14.4. The normalized spacial score (nSPS) is 12.2. The first kappa shape index (κ1) is 16.7. The molecule has 0 saturated heterocycles. The van der Waals surface area contributed by atoms with Crippen molar-refractivity contribution >= 4 is 11.9 Å². The van der Waals surface area contributed by atoms with Crippen molar-refractivity contribution in [2.24, 2.45) is 4.99 Å². The summed E-state index contributed by atoms with van der Waals surface area (Å²) in [6.45, 7) is 4.42. The smallest absolute Gasteiger partial charge is 0.145 e. The molecule has 0 amide bonds. The summed E-state index contributed by atoms with van der Waals surface area (Å²) < 4.78 is 5.81. The molecule has 0 N–H and O–H groups in total. The van der Waals surface area contributed by atoms with Gasteiger partial charge in [0.25, 0.3) is 0 Å². The van der Waals surface area contributed by atoms with Gasteiger partial charge in [0.05, 0.1) is 23.5 Å². The Balaban J connectivity index is 1.72. The van der Waals surface area contributed by atoms with E-state index in [-0.39, 0.29) is 0 Å². The van der Waals surface area contributed by atoms with Crippen molar-refractivity contribution in [2.45, 2.75) is 26.2 Å². The Morgan fingerprint density at radius 1 is 1.04 bits per heavy atom. The van der Waals surface area contributed by atoms with Crippen LogP contribution in [0.3, 0.4) is 0 Å². The van der Waals surface area contributed by atoms with Crippen molar-refractivity contribution in [3.05, 3.63) is 77.6 Å². The van der Waals surface area contributed by atoms with Crippen LogP contribution in [-0.4, -0.2) is 6.21 Å². The predicted octanol–water partition coefficient (Wildman–Crippen LogP) is 6.08. The first-order valence-corrected chi connectivity index (χ1v) is 8.44. The van der Waals surface area contributed by atoms with Crippen LogP contribution in [0, 0.1) is 11.3 Å². The summed E-state index contributed by atoms with van der Waals surface area (Å²) in [4.78, 5) is 4.48. The highest BCUT2D eigenvalue weighted by Gasteiger charge is 2.04. The maximum absolute atomic E-state index is 8.85. The predicted molar refractivity (Wildman–Crippen MR) is 101 cm³/mol. The number of aliphatic imine (C=N–C) groups is 1. The minimum Gasteiger partial charge on any atom is -0.455 e. The Morgan fingerprint density at radius 3 is 2.40 bits per heavy atom. The number of rotatable bonds is 5. The number of nitrogens with zero attached hydrogens (tertiary/aromatic N) is 2. The molecule has 3 aromatic rings. The van der Waals surface area contributed by atoms with Gasteiger partial charge in [0.2, 0.25) is 0 Å². The lowest BCUT2D eigenvalue weighted by Crippen LogP contribution is -1.89. The SMILES string of the molecule is CC[C@H](C)c1ccc(N=Cc2ccc(-c3ccc(C#N)cc3)o2)cc1. The third-order valence-corrected chi connectivity index (χ3v) is 4.34. The Bertz CT molecular complexity index is 896. The molecule has 0 unspecified atom stereocenters. The second-order valence-electron chi connectivity index (χ2n) is 6.05. The molecule has 0 bridgehead atoms. The molecule has 0 aliphatic heterocycles. The summed E-state index contributed by atoms with van der Waals surface area (Å²) in [5.41, 5.74) is 3.82. The Morgan fingerprint density at radius 2 is 1.76 bits per heavy atom. The van der Waals surface area contributed by atoms with Crippen LogP contribution >= 0.6 is 0 Å². The van der Waals surface area contributed by atoms with Crippen LogP contribution in [0.1, 0.15) is 43.1 Å². The molecule has 25 heavy (non-hydrogen) atoms. The largest absolute Gasteiger partial charge is 0.455 e. The van der Waals surface area contributed by atoms with Crippen LogP contribution < -0.4 is 0 Å². The summed E-state index contributed by atoms with van der Waals surface area (Å²) in [6, 6.07) is 21.6. The maximum Gasteiger partial charge on any atom is 0.145 e. The number of hydrogen-bond donors (Lipinski definition) is 0. The lowest BCUT2D eigenvalue weighted by Gasteiger charge is -2.08. The lowest BCUT2D eigenvalue weighted by atomic mass is 9.99. The van der Waals surface area contributed by atoms with Gasteiger partial charge in [0, 0.05) is 5.56 Å². The van der Waals surface area contributed by atoms with Crippen LogP contribution in [-0.2, 0) is 0 Å². The third-order valence-electron chi connectivity index (χ3n) is 4.34. The van der Waals surface area contributed by atoms with Gasteiger partial charge >= 0.3 is 0 Å². The summed E-state index contributed by atoms with van der Waals surface area (Å²) in [5, 5.41) is 8.85. The molecule has 0 fully saturated rings. The molecule has 0 aliphatic carbocycles. The van der Waals surface area contributed by atoms with Crippen molar-refractivity contribution in [3.63, 3.8) is 0 Å². The average molecular weight is 328 g/mol. The summed E-state index contributed by atoms with van der Waals surface area (Å²) >= 11 is 0. The van der Waals surface area contributed by atoms with E-state index in [4.69, 9.17) is 9.68 Å². The molecule has 3 nitrogen and oxygen atoms in total. The van der Waals surface area contributed by atoms with Crippen LogP contribution in [0.25, 0.3) is 11.3 Å². The standard InChI is InChI=1S/C22H20N2O/c1-3-16(2)18-8-10-20(11-9-18)24-15-21-12-13-22(25-21)19-6-4-17(14-23)5-7-19/h4-13,15-16H,3H2,1-2H3/t16-/m0/s1. The first-order valence-electron chi connectivity index (χ1n) is 8.44. The summed E-state index contributed by atoms with van der Waals surface area (Å²) in [7, 11) is 0. The average Bonchev–Trinajstić information content (AvgIpc) is 3.15. The fraction of sp³-hybridized carbons (Fsp3) is 0.182. The van der Waals surface area contributed by atoms with Gasteiger partial charge in [0.1, 0.15) is 11.5 Å². The van der Waals surface area contributed by atoms with E-state index < -0.39 is 0 Å². The molecule has 1 atom stereocenters. The minimum absolute atomic E-state index is 0.568. The molecule has 2 aromatic carbocycles. The number of hydrogen-bond acceptors (Lipinski definition) is 3. The molecule has 0 radical (unpaired) electrons. The van der Waals surface area contributed by atoms with Gasteiger partial charge in [-0.15, -0.1) is 0 Å². The Hall–Kier alpha value is -3.12. The molecule has 0 saturated carbocycles. The van der Waals surface area contributed by atoms with Crippen LogP contribution in [0.4, 0.5) is 5.69 Å². The number of furan rings is 1. The lowest BCUT2D eigenvalue weighted by molar-refractivity contribution is 0.575. The Labute approximate surface area is 148 Å². The molecular weight excluding hydrogens is 308 g/mol. The second-order valence-corrected chi connectivity index (χ2v) is 6.05. The van der Waals surface area contributed by atoms with E-state index in [0.29, 0.717) is 17.2 Å². The highest BCUT2D eigenvalue weighted by atomic mass is 16.3. The molecule has 0 aliphatic rings. The fourth-order valence-corrected chi connectivity index (χ4v) is 2.55. The third kappa shape index (κ3) is 4.05. The highest BCUT2D eigenvalue weighted by Crippen LogP contribution is 2.24. The monoisotopic (exact) mass is 328 g/mol. The first-order chi connectivity index (χ1) is 12.2. The molecule has 1 heterocycles. The quantitative estimate of drug-likeness (QED) is 0.533. The molecule has 3 rings (SSSR count). The van der Waals surface area contributed by atoms with E-state index in [1.54, 1.807) is 18.3 Å². The summed E-state index contributed by atoms with van der Waals surface area (Å²) in [6.07, 6.45) is 2.86. The fourth-order valence-electron chi connectivity index (χ4n) is 2.55. The molecule has 0 spiro atoms. The van der Waals surface area contributed by atoms with Crippen LogP contribution in [0.15, 0.2) is 70.1 Å². The van der Waals surface area contributed by atoms with Gasteiger partial charge in [-0.05, 0) is 66.4 Å². The van der Waals surface area contributed by atoms with Crippen LogP contribution in [0.5, 0.6) is 0 Å². The maximum atomic E-state index is 8.85. The van der Waals surface area contributed by atoms with Gasteiger partial charge in [-0.1, -0.05) is 26.0 Å². The topological polar surface area (TPSA) is 49.3 Å². The zero-order chi connectivity index (χ0) is 17.6. The van der Waals surface area contributed by atoms with E-state index in [0.717, 1.165) is 23.4 Å². The van der Waals surface area contributed by atoms with Crippen molar-refractivity contribution in [2.75, 3.05) is 0 Å². The van der Waals surface area contributed by atoms with Crippen LogP contribution in [0.2, 0.25) is 0 Å².